The highest BCUT2D eigenvalue weighted by molar-refractivity contribution is 7.89. The van der Waals surface area contributed by atoms with Crippen molar-refractivity contribution in [1.82, 2.24) is 4.31 Å². The summed E-state index contributed by atoms with van der Waals surface area (Å²) in [4.78, 5) is 0.187. The molecule has 1 aromatic carbocycles. The lowest BCUT2D eigenvalue weighted by atomic mass is 10.1. The summed E-state index contributed by atoms with van der Waals surface area (Å²) in [5, 5.41) is 8.92. The van der Waals surface area contributed by atoms with Gasteiger partial charge in [0.2, 0.25) is 10.0 Å². The van der Waals surface area contributed by atoms with E-state index < -0.39 is 10.0 Å². The summed E-state index contributed by atoms with van der Waals surface area (Å²) < 4.78 is 31.8. The van der Waals surface area contributed by atoms with E-state index in [-0.39, 0.29) is 11.4 Å². The molecule has 21 heavy (non-hydrogen) atoms. The third-order valence-corrected chi connectivity index (χ3v) is 5.14. The standard InChI is InChI=1S/C15H16N2O3S/c1-3-17(11-14-5-4-8-20-14)21(18,19)15-7-6-13(10-16)12(2)9-15/h4-9H,3,11H2,1-2H3. The van der Waals surface area contributed by atoms with Crippen LogP contribution < -0.4 is 0 Å². The van der Waals surface area contributed by atoms with E-state index >= 15 is 0 Å². The van der Waals surface area contributed by atoms with E-state index in [1.165, 1.54) is 28.8 Å². The summed E-state index contributed by atoms with van der Waals surface area (Å²) in [7, 11) is -3.61. The molecule has 0 unspecified atom stereocenters. The topological polar surface area (TPSA) is 74.3 Å². The van der Waals surface area contributed by atoms with Crippen LogP contribution in [0.2, 0.25) is 0 Å². The van der Waals surface area contributed by atoms with Crippen LogP contribution in [0.25, 0.3) is 0 Å². The monoisotopic (exact) mass is 304 g/mol. The van der Waals surface area contributed by atoms with Crippen molar-refractivity contribution in [3.63, 3.8) is 0 Å². The van der Waals surface area contributed by atoms with Gasteiger partial charge in [-0.15, -0.1) is 0 Å². The molecule has 1 heterocycles. The lowest BCUT2D eigenvalue weighted by Crippen LogP contribution is -2.30. The molecule has 2 rings (SSSR count). The van der Waals surface area contributed by atoms with Gasteiger partial charge in [-0.1, -0.05) is 6.92 Å². The van der Waals surface area contributed by atoms with Gasteiger partial charge >= 0.3 is 0 Å². The molecule has 0 fully saturated rings. The van der Waals surface area contributed by atoms with Gasteiger partial charge in [0.25, 0.3) is 0 Å². The van der Waals surface area contributed by atoms with E-state index in [1.807, 2.05) is 6.07 Å². The molecular weight excluding hydrogens is 288 g/mol. The van der Waals surface area contributed by atoms with Crippen molar-refractivity contribution in [3.05, 3.63) is 53.5 Å². The Hall–Kier alpha value is -2.10. The van der Waals surface area contributed by atoms with Gasteiger partial charge in [-0.2, -0.15) is 9.57 Å². The summed E-state index contributed by atoms with van der Waals surface area (Å²) in [6, 6.07) is 10.0. The van der Waals surface area contributed by atoms with E-state index in [9.17, 15) is 8.42 Å². The highest BCUT2D eigenvalue weighted by atomic mass is 32.2. The molecule has 0 bridgehead atoms. The molecule has 6 heteroatoms. The minimum atomic E-state index is -3.61. The molecule has 0 aliphatic carbocycles. The Morgan fingerprint density at radius 1 is 1.33 bits per heavy atom. The largest absolute Gasteiger partial charge is 0.468 e. The van der Waals surface area contributed by atoms with Gasteiger partial charge in [0.1, 0.15) is 5.76 Å². The summed E-state index contributed by atoms with van der Waals surface area (Å²) in [5.74, 6) is 0.589. The number of nitriles is 1. The molecule has 0 amide bonds. The molecule has 2 aromatic rings. The van der Waals surface area contributed by atoms with E-state index in [4.69, 9.17) is 9.68 Å². The van der Waals surface area contributed by atoms with Crippen LogP contribution in [-0.4, -0.2) is 19.3 Å². The predicted molar refractivity (Wildman–Crippen MR) is 77.9 cm³/mol. The number of hydrogen-bond donors (Lipinski definition) is 0. The van der Waals surface area contributed by atoms with Gasteiger partial charge < -0.3 is 4.42 Å². The van der Waals surface area contributed by atoms with Crippen LogP contribution in [0, 0.1) is 18.3 Å². The summed E-state index contributed by atoms with van der Waals surface area (Å²) >= 11 is 0. The van der Waals surface area contributed by atoms with Crippen LogP contribution >= 0.6 is 0 Å². The second-order valence-corrected chi connectivity index (χ2v) is 6.54. The first-order chi connectivity index (χ1) is 9.98. The first kappa shape index (κ1) is 15.3. The Balaban J connectivity index is 2.35. The molecule has 0 radical (unpaired) electrons. The second-order valence-electron chi connectivity index (χ2n) is 4.60. The zero-order chi connectivity index (χ0) is 15.5. The van der Waals surface area contributed by atoms with Crippen LogP contribution in [0.4, 0.5) is 0 Å². The molecule has 110 valence electrons. The maximum atomic E-state index is 12.6. The Labute approximate surface area is 124 Å². The minimum absolute atomic E-state index is 0.185. The lowest BCUT2D eigenvalue weighted by Gasteiger charge is -2.19. The number of furan rings is 1. The Kier molecular flexibility index (Phi) is 4.46. The molecule has 0 saturated carbocycles. The smallest absolute Gasteiger partial charge is 0.243 e. The fourth-order valence-electron chi connectivity index (χ4n) is 2.01. The molecule has 0 saturated heterocycles. The Bertz CT molecular complexity index is 759. The quantitative estimate of drug-likeness (QED) is 0.851. The molecule has 0 aliphatic heterocycles. The summed E-state index contributed by atoms with van der Waals surface area (Å²) in [6.07, 6.45) is 1.52. The normalized spacial score (nSPS) is 11.5. The molecule has 5 nitrogen and oxygen atoms in total. The number of aryl methyl sites for hydroxylation is 1. The van der Waals surface area contributed by atoms with Gasteiger partial charge in [-0.3, -0.25) is 0 Å². The molecule has 1 aromatic heterocycles. The lowest BCUT2D eigenvalue weighted by molar-refractivity contribution is 0.375. The molecule has 0 atom stereocenters. The van der Waals surface area contributed by atoms with Crippen LogP contribution in [0.1, 0.15) is 23.8 Å². The molecule has 0 aliphatic rings. The maximum absolute atomic E-state index is 12.6. The van der Waals surface area contributed by atoms with E-state index in [0.717, 1.165) is 0 Å². The number of sulfonamides is 1. The average Bonchev–Trinajstić information content (AvgIpc) is 2.97. The zero-order valence-electron chi connectivity index (χ0n) is 11.9. The summed E-state index contributed by atoms with van der Waals surface area (Å²) in [6.45, 7) is 4.02. The third kappa shape index (κ3) is 3.15. The van der Waals surface area contributed by atoms with E-state index in [1.54, 1.807) is 26.0 Å². The second kappa shape index (κ2) is 6.12. The van der Waals surface area contributed by atoms with E-state index in [0.29, 0.717) is 23.4 Å². The fraction of sp³-hybridized carbons (Fsp3) is 0.267. The molecule has 0 spiro atoms. The average molecular weight is 304 g/mol. The van der Waals surface area contributed by atoms with Crippen LogP contribution in [0.3, 0.4) is 0 Å². The third-order valence-electron chi connectivity index (χ3n) is 3.22. The van der Waals surface area contributed by atoms with Crippen molar-refractivity contribution >= 4 is 10.0 Å². The number of rotatable bonds is 5. The van der Waals surface area contributed by atoms with Gasteiger partial charge in [-0.05, 0) is 42.8 Å². The number of nitrogens with zero attached hydrogens (tertiary/aromatic N) is 2. The SMILES string of the molecule is CCN(Cc1ccco1)S(=O)(=O)c1ccc(C#N)c(C)c1. The van der Waals surface area contributed by atoms with Gasteiger partial charge in [0.15, 0.2) is 0 Å². The highest BCUT2D eigenvalue weighted by Gasteiger charge is 2.24. The summed E-state index contributed by atoms with van der Waals surface area (Å²) in [5.41, 5.74) is 1.12. The van der Waals surface area contributed by atoms with Gasteiger partial charge in [0, 0.05) is 6.54 Å². The highest BCUT2D eigenvalue weighted by Crippen LogP contribution is 2.21. The van der Waals surface area contributed by atoms with Crippen molar-refractivity contribution in [2.75, 3.05) is 6.54 Å². The van der Waals surface area contributed by atoms with Crippen molar-refractivity contribution in [2.45, 2.75) is 25.3 Å². The first-order valence-corrected chi connectivity index (χ1v) is 7.96. The van der Waals surface area contributed by atoms with Crippen molar-refractivity contribution in [3.8, 4) is 6.07 Å². The van der Waals surface area contributed by atoms with Crippen LogP contribution in [0.5, 0.6) is 0 Å². The zero-order valence-corrected chi connectivity index (χ0v) is 12.7. The van der Waals surface area contributed by atoms with Gasteiger partial charge in [0.05, 0.1) is 29.3 Å². The molecule has 0 N–H and O–H groups in total. The van der Waals surface area contributed by atoms with E-state index in [2.05, 4.69) is 0 Å². The minimum Gasteiger partial charge on any atom is -0.468 e. The predicted octanol–water partition coefficient (Wildman–Crippen LogP) is 2.67. The Morgan fingerprint density at radius 2 is 2.10 bits per heavy atom. The number of benzene rings is 1. The van der Waals surface area contributed by atoms with Crippen molar-refractivity contribution < 1.29 is 12.8 Å². The van der Waals surface area contributed by atoms with Crippen LogP contribution in [-0.2, 0) is 16.6 Å². The van der Waals surface area contributed by atoms with Gasteiger partial charge in [-0.25, -0.2) is 8.42 Å². The van der Waals surface area contributed by atoms with Crippen molar-refractivity contribution in [1.29, 1.82) is 5.26 Å². The number of hydrogen-bond acceptors (Lipinski definition) is 4. The van der Waals surface area contributed by atoms with Crippen molar-refractivity contribution in [2.24, 2.45) is 0 Å². The Morgan fingerprint density at radius 3 is 2.62 bits per heavy atom. The fourth-order valence-corrected chi connectivity index (χ4v) is 3.52. The first-order valence-electron chi connectivity index (χ1n) is 6.52. The molecular formula is C15H16N2O3S. The van der Waals surface area contributed by atoms with Crippen LogP contribution in [0.15, 0.2) is 45.9 Å². The maximum Gasteiger partial charge on any atom is 0.243 e.